The van der Waals surface area contributed by atoms with Gasteiger partial charge in [0.2, 0.25) is 0 Å². The SMILES string of the molecule is OC(c1ccc(Cl)cc1)(c1ccc(Cl)cc1)C1CCC1. The fourth-order valence-corrected chi connectivity index (χ4v) is 3.12. The number of hydrogen-bond acceptors (Lipinski definition) is 1. The summed E-state index contributed by atoms with van der Waals surface area (Å²) in [5.41, 5.74) is 0.843. The number of halogens is 2. The van der Waals surface area contributed by atoms with Gasteiger partial charge < -0.3 is 5.11 Å². The third-order valence-corrected chi connectivity index (χ3v) is 4.77. The second-order valence-electron chi connectivity index (χ2n) is 5.41. The summed E-state index contributed by atoms with van der Waals surface area (Å²) in [6.45, 7) is 0. The van der Waals surface area contributed by atoms with Gasteiger partial charge in [-0.1, -0.05) is 53.9 Å². The van der Waals surface area contributed by atoms with Gasteiger partial charge in [-0.25, -0.2) is 0 Å². The molecule has 0 aromatic heterocycles. The lowest BCUT2D eigenvalue weighted by atomic mass is 9.67. The van der Waals surface area contributed by atoms with E-state index in [4.69, 9.17) is 23.2 Å². The highest BCUT2D eigenvalue weighted by Crippen LogP contribution is 2.46. The van der Waals surface area contributed by atoms with Crippen LogP contribution in [0.1, 0.15) is 30.4 Å². The molecule has 0 unspecified atom stereocenters. The second kappa shape index (κ2) is 5.40. The van der Waals surface area contributed by atoms with Gasteiger partial charge >= 0.3 is 0 Å². The van der Waals surface area contributed by atoms with Crippen LogP contribution in [0.15, 0.2) is 48.5 Å². The molecule has 1 nitrogen and oxygen atoms in total. The van der Waals surface area contributed by atoms with Crippen LogP contribution in [0.25, 0.3) is 0 Å². The first kappa shape index (κ1) is 13.9. The van der Waals surface area contributed by atoms with Gasteiger partial charge in [0.25, 0.3) is 0 Å². The molecule has 0 bridgehead atoms. The van der Waals surface area contributed by atoms with Gasteiger partial charge in [0.05, 0.1) is 0 Å². The summed E-state index contributed by atoms with van der Waals surface area (Å²) in [5, 5.41) is 12.7. The Morgan fingerprint density at radius 3 is 1.50 bits per heavy atom. The van der Waals surface area contributed by atoms with E-state index in [2.05, 4.69) is 0 Å². The lowest BCUT2D eigenvalue weighted by Crippen LogP contribution is -2.40. The Morgan fingerprint density at radius 2 is 1.20 bits per heavy atom. The number of hydrogen-bond donors (Lipinski definition) is 1. The van der Waals surface area contributed by atoms with Crippen molar-refractivity contribution in [3.05, 3.63) is 69.7 Å². The molecular formula is C17H16Cl2O. The topological polar surface area (TPSA) is 20.2 Å². The first-order valence-electron chi connectivity index (χ1n) is 6.85. The van der Waals surface area contributed by atoms with E-state index in [1.54, 1.807) is 0 Å². The molecule has 0 amide bonds. The second-order valence-corrected chi connectivity index (χ2v) is 6.28. The highest BCUT2D eigenvalue weighted by atomic mass is 35.5. The molecule has 3 heteroatoms. The van der Waals surface area contributed by atoms with Gasteiger partial charge in [-0.3, -0.25) is 0 Å². The minimum absolute atomic E-state index is 0.254. The van der Waals surface area contributed by atoms with Gasteiger partial charge in [0.1, 0.15) is 5.60 Å². The van der Waals surface area contributed by atoms with Crippen molar-refractivity contribution >= 4 is 23.2 Å². The van der Waals surface area contributed by atoms with Gasteiger partial charge in [0.15, 0.2) is 0 Å². The predicted octanol–water partition coefficient (Wildman–Crippen LogP) is 5.03. The van der Waals surface area contributed by atoms with Gasteiger partial charge in [-0.2, -0.15) is 0 Å². The standard InChI is InChI=1S/C17H16Cl2O/c18-15-8-4-13(5-9-15)17(20,12-2-1-3-12)14-6-10-16(19)11-7-14/h4-12,20H,1-3H2. The Labute approximate surface area is 129 Å². The summed E-state index contributed by atoms with van der Waals surface area (Å²) in [6, 6.07) is 15.0. The van der Waals surface area contributed by atoms with E-state index < -0.39 is 5.60 Å². The summed E-state index contributed by atoms with van der Waals surface area (Å²) in [5.74, 6) is 0.254. The fraction of sp³-hybridized carbons (Fsp3) is 0.294. The predicted molar refractivity (Wildman–Crippen MR) is 83.2 cm³/mol. The third kappa shape index (κ3) is 2.35. The molecule has 1 N–H and O–H groups in total. The van der Waals surface area contributed by atoms with Crippen LogP contribution in [0.3, 0.4) is 0 Å². The van der Waals surface area contributed by atoms with Crippen molar-refractivity contribution in [2.24, 2.45) is 5.92 Å². The van der Waals surface area contributed by atoms with E-state index in [0.717, 1.165) is 24.0 Å². The fourth-order valence-electron chi connectivity index (χ4n) is 2.87. The molecule has 3 rings (SSSR count). The largest absolute Gasteiger partial charge is 0.380 e. The number of rotatable bonds is 3. The lowest BCUT2D eigenvalue weighted by molar-refractivity contribution is -0.0200. The minimum atomic E-state index is -0.951. The van der Waals surface area contributed by atoms with Crippen molar-refractivity contribution in [2.75, 3.05) is 0 Å². The molecule has 0 atom stereocenters. The summed E-state index contributed by atoms with van der Waals surface area (Å²) >= 11 is 11.9. The number of benzene rings is 2. The molecule has 1 aliphatic carbocycles. The zero-order chi connectivity index (χ0) is 14.2. The lowest BCUT2D eigenvalue weighted by Gasteiger charge is -2.42. The maximum absolute atomic E-state index is 11.4. The average molecular weight is 307 g/mol. The molecule has 20 heavy (non-hydrogen) atoms. The van der Waals surface area contributed by atoms with Gasteiger partial charge in [0, 0.05) is 10.0 Å². The first-order valence-corrected chi connectivity index (χ1v) is 7.61. The summed E-state index contributed by atoms with van der Waals surface area (Å²) < 4.78 is 0. The Hall–Kier alpha value is -1.02. The van der Waals surface area contributed by atoms with E-state index in [0.29, 0.717) is 10.0 Å². The van der Waals surface area contributed by atoms with Crippen LogP contribution in [0, 0.1) is 5.92 Å². The monoisotopic (exact) mass is 306 g/mol. The van der Waals surface area contributed by atoms with Crippen LogP contribution in [0.4, 0.5) is 0 Å². The van der Waals surface area contributed by atoms with Crippen molar-refractivity contribution in [2.45, 2.75) is 24.9 Å². The molecule has 1 aliphatic rings. The Morgan fingerprint density at radius 1 is 0.800 bits per heavy atom. The van der Waals surface area contributed by atoms with Crippen molar-refractivity contribution < 1.29 is 5.11 Å². The van der Waals surface area contributed by atoms with Crippen molar-refractivity contribution in [3.63, 3.8) is 0 Å². The average Bonchev–Trinajstić information content (AvgIpc) is 2.38. The summed E-state index contributed by atoms with van der Waals surface area (Å²) in [6.07, 6.45) is 3.26. The van der Waals surface area contributed by atoms with E-state index in [1.165, 1.54) is 6.42 Å². The summed E-state index contributed by atoms with van der Waals surface area (Å²) in [7, 11) is 0. The Kier molecular flexibility index (Phi) is 3.76. The smallest absolute Gasteiger partial charge is 0.117 e. The van der Waals surface area contributed by atoms with Gasteiger partial charge in [-0.05, 0) is 54.2 Å². The molecule has 0 aliphatic heterocycles. The summed E-state index contributed by atoms with van der Waals surface area (Å²) in [4.78, 5) is 0. The zero-order valence-electron chi connectivity index (χ0n) is 11.0. The highest BCUT2D eigenvalue weighted by Gasteiger charge is 2.42. The molecule has 1 fully saturated rings. The molecule has 2 aromatic rings. The normalized spacial score (nSPS) is 15.9. The third-order valence-electron chi connectivity index (χ3n) is 4.26. The van der Waals surface area contributed by atoms with Crippen molar-refractivity contribution in [3.8, 4) is 0 Å². The first-order chi connectivity index (χ1) is 9.60. The number of aliphatic hydroxyl groups is 1. The Balaban J connectivity index is 2.08. The molecule has 0 radical (unpaired) electrons. The van der Waals surface area contributed by atoms with Crippen LogP contribution < -0.4 is 0 Å². The van der Waals surface area contributed by atoms with E-state index >= 15 is 0 Å². The van der Waals surface area contributed by atoms with Crippen LogP contribution in [-0.2, 0) is 5.60 Å². The maximum Gasteiger partial charge on any atom is 0.117 e. The van der Waals surface area contributed by atoms with E-state index in [1.807, 2.05) is 48.5 Å². The molecule has 1 saturated carbocycles. The quantitative estimate of drug-likeness (QED) is 0.843. The van der Waals surface area contributed by atoms with Crippen LogP contribution >= 0.6 is 23.2 Å². The van der Waals surface area contributed by atoms with Crippen LogP contribution in [0.2, 0.25) is 10.0 Å². The van der Waals surface area contributed by atoms with Gasteiger partial charge in [-0.15, -0.1) is 0 Å². The van der Waals surface area contributed by atoms with E-state index in [-0.39, 0.29) is 5.92 Å². The molecule has 2 aromatic carbocycles. The minimum Gasteiger partial charge on any atom is -0.380 e. The van der Waals surface area contributed by atoms with Crippen LogP contribution in [0.5, 0.6) is 0 Å². The van der Waals surface area contributed by atoms with Crippen LogP contribution in [-0.4, -0.2) is 5.11 Å². The zero-order valence-corrected chi connectivity index (χ0v) is 12.5. The molecule has 0 saturated heterocycles. The van der Waals surface area contributed by atoms with E-state index in [9.17, 15) is 5.11 Å². The molecular weight excluding hydrogens is 291 g/mol. The maximum atomic E-state index is 11.4. The van der Waals surface area contributed by atoms with Crippen molar-refractivity contribution in [1.29, 1.82) is 0 Å². The Bertz CT molecular complexity index is 540. The highest BCUT2D eigenvalue weighted by molar-refractivity contribution is 6.30. The molecule has 0 spiro atoms. The van der Waals surface area contributed by atoms with Crippen molar-refractivity contribution in [1.82, 2.24) is 0 Å². The molecule has 104 valence electrons. The molecule has 0 heterocycles.